The number of halogens is 1. The number of aromatic nitrogens is 2. The Morgan fingerprint density at radius 3 is 2.67 bits per heavy atom. The van der Waals surface area contributed by atoms with E-state index in [1.54, 1.807) is 22.9 Å². The van der Waals surface area contributed by atoms with Gasteiger partial charge in [-0.1, -0.05) is 19.8 Å². The summed E-state index contributed by atoms with van der Waals surface area (Å²) in [6.45, 7) is 4.65. The minimum atomic E-state index is -0.294. The van der Waals surface area contributed by atoms with E-state index in [-0.39, 0.29) is 11.7 Å². The first-order valence-corrected chi connectivity index (χ1v) is 7.22. The van der Waals surface area contributed by atoms with Gasteiger partial charge in [-0.05, 0) is 43.7 Å². The molecule has 0 saturated carbocycles. The summed E-state index contributed by atoms with van der Waals surface area (Å²) >= 11 is 0. The van der Waals surface area contributed by atoms with Gasteiger partial charge >= 0.3 is 0 Å². The Balaban J connectivity index is 2.08. The van der Waals surface area contributed by atoms with Crippen LogP contribution in [0.25, 0.3) is 5.69 Å². The van der Waals surface area contributed by atoms with Crippen LogP contribution in [-0.2, 0) is 0 Å². The molecule has 0 atom stereocenters. The molecule has 112 valence electrons. The molecule has 2 aromatic rings. The maximum Gasteiger partial charge on any atom is 0.271 e. The zero-order chi connectivity index (χ0) is 15.2. The van der Waals surface area contributed by atoms with Crippen molar-refractivity contribution in [3.63, 3.8) is 0 Å². The van der Waals surface area contributed by atoms with Gasteiger partial charge < -0.3 is 5.32 Å². The van der Waals surface area contributed by atoms with Crippen molar-refractivity contribution in [3.05, 3.63) is 47.5 Å². The van der Waals surface area contributed by atoms with Crippen molar-refractivity contribution in [1.82, 2.24) is 15.1 Å². The van der Waals surface area contributed by atoms with Gasteiger partial charge in [0.05, 0.1) is 5.69 Å². The Bertz CT molecular complexity index is 604. The topological polar surface area (TPSA) is 46.9 Å². The van der Waals surface area contributed by atoms with Crippen LogP contribution in [0.2, 0.25) is 0 Å². The van der Waals surface area contributed by atoms with Gasteiger partial charge in [0.1, 0.15) is 5.82 Å². The fourth-order valence-corrected chi connectivity index (χ4v) is 2.10. The number of hydrogen-bond acceptors (Lipinski definition) is 2. The largest absolute Gasteiger partial charge is 0.351 e. The monoisotopic (exact) mass is 289 g/mol. The second kappa shape index (κ2) is 7.02. The van der Waals surface area contributed by atoms with Crippen molar-refractivity contribution >= 4 is 5.91 Å². The molecule has 0 radical (unpaired) electrons. The number of nitrogens with one attached hydrogen (secondary N) is 1. The Morgan fingerprint density at radius 1 is 1.29 bits per heavy atom. The summed E-state index contributed by atoms with van der Waals surface area (Å²) < 4.78 is 14.6. The molecule has 0 saturated heterocycles. The SMILES string of the molecule is CCCCCNC(=O)c1cc(C)n(-c2ccc(F)cc2)n1. The number of hydrogen-bond donors (Lipinski definition) is 1. The highest BCUT2D eigenvalue weighted by molar-refractivity contribution is 5.92. The highest BCUT2D eigenvalue weighted by atomic mass is 19.1. The first-order valence-electron chi connectivity index (χ1n) is 7.22. The maximum absolute atomic E-state index is 12.9. The van der Waals surface area contributed by atoms with Crippen molar-refractivity contribution in [1.29, 1.82) is 0 Å². The molecule has 0 bridgehead atoms. The second-order valence-corrected chi connectivity index (χ2v) is 5.02. The number of aryl methyl sites for hydroxylation is 1. The van der Waals surface area contributed by atoms with Crippen molar-refractivity contribution in [3.8, 4) is 5.69 Å². The highest BCUT2D eigenvalue weighted by Gasteiger charge is 2.12. The average Bonchev–Trinajstić information content (AvgIpc) is 2.86. The van der Waals surface area contributed by atoms with Gasteiger partial charge in [-0.15, -0.1) is 0 Å². The van der Waals surface area contributed by atoms with Crippen LogP contribution in [0.3, 0.4) is 0 Å². The molecule has 0 spiro atoms. The van der Waals surface area contributed by atoms with Crippen LogP contribution in [0.4, 0.5) is 4.39 Å². The lowest BCUT2D eigenvalue weighted by Crippen LogP contribution is -2.25. The van der Waals surface area contributed by atoms with E-state index in [1.807, 2.05) is 6.92 Å². The molecule has 1 N–H and O–H groups in total. The average molecular weight is 289 g/mol. The van der Waals surface area contributed by atoms with E-state index in [2.05, 4.69) is 17.3 Å². The predicted octanol–water partition coefficient (Wildman–Crippen LogP) is 3.24. The van der Waals surface area contributed by atoms with Crippen molar-refractivity contribution in [2.24, 2.45) is 0 Å². The third kappa shape index (κ3) is 3.90. The smallest absolute Gasteiger partial charge is 0.271 e. The quantitative estimate of drug-likeness (QED) is 0.830. The molecule has 0 aliphatic heterocycles. The molecule has 1 heterocycles. The van der Waals surface area contributed by atoms with Crippen LogP contribution >= 0.6 is 0 Å². The number of carbonyl (C=O) groups is 1. The number of rotatable bonds is 6. The summed E-state index contributed by atoms with van der Waals surface area (Å²) in [6, 6.07) is 7.76. The van der Waals surface area contributed by atoms with Crippen LogP contribution in [0.1, 0.15) is 42.4 Å². The highest BCUT2D eigenvalue weighted by Crippen LogP contribution is 2.13. The molecule has 1 aromatic heterocycles. The lowest BCUT2D eigenvalue weighted by Gasteiger charge is -2.04. The fraction of sp³-hybridized carbons (Fsp3) is 0.375. The van der Waals surface area contributed by atoms with Crippen LogP contribution in [-0.4, -0.2) is 22.2 Å². The van der Waals surface area contributed by atoms with Crippen molar-refractivity contribution in [2.75, 3.05) is 6.54 Å². The minimum Gasteiger partial charge on any atom is -0.351 e. The molecule has 2 rings (SSSR count). The van der Waals surface area contributed by atoms with Crippen molar-refractivity contribution < 1.29 is 9.18 Å². The Labute approximate surface area is 124 Å². The van der Waals surface area contributed by atoms with Gasteiger partial charge in [-0.25, -0.2) is 9.07 Å². The number of unbranched alkanes of at least 4 members (excludes halogenated alkanes) is 2. The molecule has 0 unspecified atom stereocenters. The van der Waals surface area contributed by atoms with Gasteiger partial charge in [0, 0.05) is 12.2 Å². The standard InChI is InChI=1S/C16H20FN3O/c1-3-4-5-10-18-16(21)15-11-12(2)20(19-15)14-8-6-13(17)7-9-14/h6-9,11H,3-5,10H2,1-2H3,(H,18,21). The van der Waals surface area contributed by atoms with Crippen LogP contribution in [0.15, 0.2) is 30.3 Å². The van der Waals surface area contributed by atoms with E-state index in [1.165, 1.54) is 12.1 Å². The first-order chi connectivity index (χ1) is 10.1. The lowest BCUT2D eigenvalue weighted by molar-refractivity contribution is 0.0947. The second-order valence-electron chi connectivity index (χ2n) is 5.02. The summed E-state index contributed by atoms with van der Waals surface area (Å²) in [6.07, 6.45) is 3.19. The molecule has 1 aromatic carbocycles. The third-order valence-corrected chi connectivity index (χ3v) is 3.26. The van der Waals surface area contributed by atoms with Gasteiger partial charge in [-0.2, -0.15) is 5.10 Å². The third-order valence-electron chi connectivity index (χ3n) is 3.26. The molecule has 21 heavy (non-hydrogen) atoms. The van der Waals surface area contributed by atoms with E-state index in [9.17, 15) is 9.18 Å². The van der Waals surface area contributed by atoms with Crippen LogP contribution in [0.5, 0.6) is 0 Å². The Morgan fingerprint density at radius 2 is 2.00 bits per heavy atom. The number of carbonyl (C=O) groups excluding carboxylic acids is 1. The lowest BCUT2D eigenvalue weighted by atomic mass is 10.2. The van der Waals surface area contributed by atoms with E-state index < -0.39 is 0 Å². The molecular formula is C16H20FN3O. The number of nitrogens with zero attached hydrogens (tertiary/aromatic N) is 2. The Kier molecular flexibility index (Phi) is 5.09. The zero-order valence-electron chi connectivity index (χ0n) is 12.4. The van der Waals surface area contributed by atoms with E-state index in [0.717, 1.165) is 30.6 Å². The molecule has 0 aliphatic carbocycles. The molecule has 4 nitrogen and oxygen atoms in total. The molecule has 1 amide bonds. The summed E-state index contributed by atoms with van der Waals surface area (Å²) in [5.74, 6) is -0.465. The number of amides is 1. The maximum atomic E-state index is 12.9. The number of benzene rings is 1. The summed E-state index contributed by atoms with van der Waals surface area (Å²) in [5, 5.41) is 7.15. The summed E-state index contributed by atoms with van der Waals surface area (Å²) in [5.41, 5.74) is 1.95. The van der Waals surface area contributed by atoms with Crippen LogP contribution < -0.4 is 5.32 Å². The molecular weight excluding hydrogens is 269 g/mol. The van der Waals surface area contributed by atoms with Gasteiger partial charge in [0.15, 0.2) is 5.69 Å². The molecule has 5 heteroatoms. The Hall–Kier alpha value is -2.17. The molecule has 0 aliphatic rings. The van der Waals surface area contributed by atoms with Gasteiger partial charge in [0.2, 0.25) is 0 Å². The zero-order valence-corrected chi connectivity index (χ0v) is 12.4. The molecule has 0 fully saturated rings. The minimum absolute atomic E-state index is 0.171. The summed E-state index contributed by atoms with van der Waals surface area (Å²) in [4.78, 5) is 12.0. The fourth-order valence-electron chi connectivity index (χ4n) is 2.10. The van der Waals surface area contributed by atoms with Crippen molar-refractivity contribution in [2.45, 2.75) is 33.1 Å². The van der Waals surface area contributed by atoms with Gasteiger partial charge in [-0.3, -0.25) is 4.79 Å². The first kappa shape index (κ1) is 15.2. The van der Waals surface area contributed by atoms with E-state index >= 15 is 0 Å². The van der Waals surface area contributed by atoms with E-state index in [4.69, 9.17) is 0 Å². The van der Waals surface area contributed by atoms with Gasteiger partial charge in [0.25, 0.3) is 5.91 Å². The predicted molar refractivity (Wildman–Crippen MR) is 80.1 cm³/mol. The van der Waals surface area contributed by atoms with Crippen LogP contribution in [0, 0.1) is 12.7 Å². The normalized spacial score (nSPS) is 10.6. The van der Waals surface area contributed by atoms with E-state index in [0.29, 0.717) is 12.2 Å². The summed E-state index contributed by atoms with van der Waals surface area (Å²) in [7, 11) is 0.